The molecule has 0 saturated carbocycles. The molecule has 0 bridgehead atoms. The number of nitrogens with zero attached hydrogens (tertiary/aromatic N) is 3. The minimum Gasteiger partial charge on any atom is -0.477 e. The van der Waals surface area contributed by atoms with E-state index in [-0.39, 0.29) is 22.3 Å². The van der Waals surface area contributed by atoms with Crippen LogP contribution in [0.15, 0.2) is 95.1 Å². The lowest BCUT2D eigenvalue weighted by molar-refractivity contribution is -0.157. The van der Waals surface area contributed by atoms with Gasteiger partial charge in [-0.2, -0.15) is 0 Å². The normalized spacial score (nSPS) is 17.2. The maximum atomic E-state index is 13.6. The molecule has 2 unspecified atom stereocenters. The predicted molar refractivity (Wildman–Crippen MR) is 204 cm³/mol. The molecule has 0 spiro atoms. The molecule has 1 fully saturated rings. The van der Waals surface area contributed by atoms with Crippen LogP contribution in [0.25, 0.3) is 0 Å². The molecule has 1 aromatic heterocycles. The van der Waals surface area contributed by atoms with Gasteiger partial charge in [-0.15, -0.1) is 23.1 Å². The quantitative estimate of drug-likeness (QED) is 0.0568. The van der Waals surface area contributed by atoms with Crippen LogP contribution in [-0.4, -0.2) is 98.5 Å². The van der Waals surface area contributed by atoms with Crippen molar-refractivity contribution in [3.8, 4) is 0 Å². The molecule has 17 nitrogen and oxygen atoms in total. The Labute approximate surface area is 328 Å². The van der Waals surface area contributed by atoms with E-state index in [0.29, 0.717) is 16.7 Å². The fourth-order valence-electron chi connectivity index (χ4n) is 5.38. The average molecular weight is 807 g/mol. The Morgan fingerprint density at radius 1 is 1.09 bits per heavy atom. The van der Waals surface area contributed by atoms with Crippen LogP contribution < -0.4 is 16.4 Å². The zero-order valence-electron chi connectivity index (χ0n) is 30.3. The number of benzene rings is 2. The van der Waals surface area contributed by atoms with Crippen molar-refractivity contribution in [1.29, 1.82) is 0 Å². The summed E-state index contributed by atoms with van der Waals surface area (Å²) in [7, 11) is 0. The number of nitrogens with one attached hydrogen (secondary N) is 2. The lowest BCUT2D eigenvalue weighted by Crippen LogP contribution is -2.71. The van der Waals surface area contributed by atoms with Crippen molar-refractivity contribution < 1.29 is 52.9 Å². The number of oxime groups is 1. The number of β-lactam (4-membered cyclic amide) rings is 1. The summed E-state index contributed by atoms with van der Waals surface area (Å²) >= 11 is 2.22. The summed E-state index contributed by atoms with van der Waals surface area (Å²) in [6.45, 7) is 6.94. The van der Waals surface area contributed by atoms with E-state index in [0.717, 1.165) is 16.2 Å². The number of allylic oxidation sites excluding steroid dienone is 1. The van der Waals surface area contributed by atoms with E-state index in [2.05, 4.69) is 27.4 Å². The first-order valence-corrected chi connectivity index (χ1v) is 18.8. The summed E-state index contributed by atoms with van der Waals surface area (Å²) in [6, 6.07) is 15.2. The summed E-state index contributed by atoms with van der Waals surface area (Å²) < 4.78 is 16.4. The number of amides is 3. The van der Waals surface area contributed by atoms with Crippen molar-refractivity contribution in [2.24, 2.45) is 5.16 Å². The molecule has 5 rings (SSSR count). The molecule has 1 saturated heterocycles. The van der Waals surface area contributed by atoms with Gasteiger partial charge in [0.15, 0.2) is 23.0 Å². The molecule has 3 atom stereocenters. The second-order valence-corrected chi connectivity index (χ2v) is 15.0. The molecule has 2 aliphatic heterocycles. The topological polar surface area (TPSA) is 238 Å². The summed E-state index contributed by atoms with van der Waals surface area (Å²) in [5.74, 6) is -4.64. The fraction of sp³-hybridized carbons (Fsp3) is 0.297. The van der Waals surface area contributed by atoms with Gasteiger partial charge in [0.05, 0.1) is 0 Å². The number of carboxylic acid groups (broad SMARTS) is 1. The lowest BCUT2D eigenvalue weighted by Gasteiger charge is -2.49. The third-order valence-electron chi connectivity index (χ3n) is 7.88. The number of carbonyl (C=O) groups excluding carboxylic acids is 5. The largest absolute Gasteiger partial charge is 0.477 e. The van der Waals surface area contributed by atoms with E-state index < -0.39 is 83.9 Å². The molecule has 0 radical (unpaired) electrons. The number of carboxylic acids is 1. The van der Waals surface area contributed by atoms with Gasteiger partial charge in [-0.3, -0.25) is 14.5 Å². The molecule has 3 aromatic rings. The number of alkyl carbamates (subject to hydrolysis) is 1. The molecular formula is C37H38N6O11S2. The number of esters is 2. The number of hydrogen-bond donors (Lipinski definition) is 4. The van der Waals surface area contributed by atoms with Crippen LogP contribution in [0.5, 0.6) is 0 Å². The number of aliphatic carboxylic acids is 1. The molecule has 294 valence electrons. The Hall–Kier alpha value is -6.21. The van der Waals surface area contributed by atoms with Gasteiger partial charge >= 0.3 is 24.0 Å². The SMILES string of the molecule is C=CC1=C(C(=O)O)N2C(=O)C(NC(=O)C(=NOCC(=O)OCC(NC(=O)OC(C)(C)C)C(=O)OC(c3ccccc3)c3ccccc3)c3csc(N)n3)[C@@H]2SC1. The first kappa shape index (κ1) is 41.0. The number of ether oxygens (including phenoxy) is 3. The predicted octanol–water partition coefficient (Wildman–Crippen LogP) is 3.14. The molecule has 2 aromatic carbocycles. The Morgan fingerprint density at radius 3 is 2.29 bits per heavy atom. The zero-order valence-corrected chi connectivity index (χ0v) is 32.0. The van der Waals surface area contributed by atoms with Crippen LogP contribution in [0, 0.1) is 0 Å². The second kappa shape index (κ2) is 17.9. The fourth-order valence-corrected chi connectivity index (χ4v) is 7.27. The zero-order chi connectivity index (χ0) is 40.6. The Morgan fingerprint density at radius 2 is 1.73 bits per heavy atom. The van der Waals surface area contributed by atoms with Crippen molar-refractivity contribution in [2.45, 2.75) is 49.9 Å². The standard InChI is InChI=1S/C37H38N6O11S2/c1-5-20-18-55-32-27(31(46)43(32)28(20)33(47)48)41-30(45)26(24-19-56-35(38)39-24)42-52-17-25(44)51-16-23(40-36(50)54-37(2,3)4)34(49)53-29(21-12-8-6-9-13-21)22-14-10-7-11-15-22/h5-15,19,23,27,29,32H,1,16-18H2,2-4H3,(H2,38,39)(H,40,50)(H,41,45)(H,47,48)/t23?,27?,32-/m0/s1. The van der Waals surface area contributed by atoms with Gasteiger partial charge in [0.1, 0.15) is 35.0 Å². The maximum absolute atomic E-state index is 13.6. The highest BCUT2D eigenvalue weighted by Crippen LogP contribution is 2.40. The van der Waals surface area contributed by atoms with Gasteiger partial charge in [-0.25, -0.2) is 24.2 Å². The van der Waals surface area contributed by atoms with E-state index >= 15 is 0 Å². The maximum Gasteiger partial charge on any atom is 0.408 e. The van der Waals surface area contributed by atoms with Crippen molar-refractivity contribution >= 4 is 69.8 Å². The van der Waals surface area contributed by atoms with E-state index in [1.165, 1.54) is 23.2 Å². The molecular weight excluding hydrogens is 769 g/mol. The van der Waals surface area contributed by atoms with E-state index in [1.54, 1.807) is 81.4 Å². The minimum absolute atomic E-state index is 0.0332. The smallest absolute Gasteiger partial charge is 0.408 e. The number of anilines is 1. The molecule has 19 heteroatoms. The highest BCUT2D eigenvalue weighted by molar-refractivity contribution is 8.00. The van der Waals surface area contributed by atoms with Crippen LogP contribution in [0.4, 0.5) is 9.93 Å². The van der Waals surface area contributed by atoms with Crippen LogP contribution in [0.1, 0.15) is 43.7 Å². The Bertz CT molecular complexity index is 2010. The Balaban J connectivity index is 1.26. The summed E-state index contributed by atoms with van der Waals surface area (Å²) in [6.07, 6.45) is -0.482. The lowest BCUT2D eigenvalue weighted by atomic mass is 10.0. The Kier molecular flexibility index (Phi) is 13.1. The van der Waals surface area contributed by atoms with Crippen LogP contribution >= 0.6 is 23.1 Å². The highest BCUT2D eigenvalue weighted by atomic mass is 32.2. The van der Waals surface area contributed by atoms with Crippen molar-refractivity contribution in [3.63, 3.8) is 0 Å². The monoisotopic (exact) mass is 806 g/mol. The first-order valence-electron chi connectivity index (χ1n) is 16.9. The van der Waals surface area contributed by atoms with E-state index in [1.807, 2.05) is 0 Å². The number of fused-ring (bicyclic) bond motifs is 1. The van der Waals surface area contributed by atoms with Crippen molar-refractivity contribution in [2.75, 3.05) is 24.7 Å². The molecule has 3 heterocycles. The van der Waals surface area contributed by atoms with Crippen LogP contribution in [0.2, 0.25) is 0 Å². The van der Waals surface area contributed by atoms with Crippen molar-refractivity contribution in [1.82, 2.24) is 20.5 Å². The van der Waals surface area contributed by atoms with Crippen molar-refractivity contribution in [3.05, 3.63) is 107 Å². The number of hydrogen-bond acceptors (Lipinski definition) is 15. The minimum atomic E-state index is -1.53. The number of thioether (sulfide) groups is 1. The molecule has 0 aliphatic carbocycles. The number of carbonyl (C=O) groups is 6. The molecule has 2 aliphatic rings. The number of nitrogen functional groups attached to an aromatic ring is 1. The summed E-state index contributed by atoms with van der Waals surface area (Å²) in [5.41, 5.74) is 5.81. The van der Waals surface area contributed by atoms with Crippen LogP contribution in [-0.2, 0) is 43.0 Å². The van der Waals surface area contributed by atoms with E-state index in [4.69, 9.17) is 24.8 Å². The number of thiazole rings is 1. The summed E-state index contributed by atoms with van der Waals surface area (Å²) in [4.78, 5) is 87.8. The van der Waals surface area contributed by atoms with E-state index in [9.17, 15) is 33.9 Å². The number of aromatic nitrogens is 1. The van der Waals surface area contributed by atoms with Gasteiger partial charge in [0.25, 0.3) is 11.8 Å². The summed E-state index contributed by atoms with van der Waals surface area (Å²) in [5, 5.41) is 19.2. The molecule has 56 heavy (non-hydrogen) atoms. The third-order valence-corrected chi connectivity index (χ3v) is 9.85. The third kappa shape index (κ3) is 10.1. The number of nitrogens with two attached hydrogens (primary N) is 1. The highest BCUT2D eigenvalue weighted by Gasteiger charge is 2.54. The average Bonchev–Trinajstić information content (AvgIpc) is 3.60. The van der Waals surface area contributed by atoms with Gasteiger partial charge in [0, 0.05) is 11.1 Å². The van der Waals surface area contributed by atoms with Gasteiger partial charge in [-0.1, -0.05) is 78.5 Å². The molecule has 5 N–H and O–H groups in total. The van der Waals surface area contributed by atoms with Gasteiger partial charge < -0.3 is 40.5 Å². The van der Waals surface area contributed by atoms with Crippen LogP contribution in [0.3, 0.4) is 0 Å². The molecule has 3 amide bonds. The van der Waals surface area contributed by atoms with Gasteiger partial charge in [-0.05, 0) is 37.5 Å². The first-order chi connectivity index (χ1) is 26.7. The van der Waals surface area contributed by atoms with Gasteiger partial charge in [0.2, 0.25) is 6.61 Å². The number of rotatable bonds is 15. The second-order valence-electron chi connectivity index (χ2n) is 13.0.